The van der Waals surface area contributed by atoms with E-state index in [1.807, 2.05) is 25.1 Å². The maximum absolute atomic E-state index is 5.25. The van der Waals surface area contributed by atoms with Gasteiger partial charge in [0, 0.05) is 27.9 Å². The fourth-order valence-corrected chi connectivity index (χ4v) is 7.71. The zero-order chi connectivity index (χ0) is 35.3. The molecule has 0 fully saturated rings. The number of pyridine rings is 1. The van der Waals surface area contributed by atoms with E-state index in [4.69, 9.17) is 15.0 Å². The van der Waals surface area contributed by atoms with Crippen LogP contribution < -0.4 is 0 Å². The van der Waals surface area contributed by atoms with Crippen LogP contribution in [-0.4, -0.2) is 15.0 Å². The van der Waals surface area contributed by atoms with E-state index in [2.05, 4.69) is 164 Å². The van der Waals surface area contributed by atoms with Crippen molar-refractivity contribution in [3.8, 4) is 67.4 Å². The largest absolute Gasteiger partial charge is 0.253 e. The van der Waals surface area contributed by atoms with Crippen LogP contribution in [0.2, 0.25) is 0 Å². The predicted octanol–water partition coefficient (Wildman–Crippen LogP) is 13.1. The van der Waals surface area contributed by atoms with Crippen molar-refractivity contribution in [3.05, 3.63) is 188 Å². The first kappa shape index (κ1) is 30.8. The van der Waals surface area contributed by atoms with Crippen LogP contribution in [0.15, 0.2) is 182 Å². The lowest BCUT2D eigenvalue weighted by atomic mass is 9.87. The molecule has 10 aromatic rings. The van der Waals surface area contributed by atoms with Crippen molar-refractivity contribution >= 4 is 32.3 Å². The molecule has 2 heterocycles. The third-order valence-corrected chi connectivity index (χ3v) is 10.3. The minimum absolute atomic E-state index is 0.686. The molecule has 0 atom stereocenters. The van der Waals surface area contributed by atoms with Crippen LogP contribution in [0.3, 0.4) is 0 Å². The lowest BCUT2D eigenvalue weighted by Crippen LogP contribution is -1.97. The summed E-state index contributed by atoms with van der Waals surface area (Å²) < 4.78 is 0. The third-order valence-electron chi connectivity index (χ3n) is 10.3. The Hall–Kier alpha value is -6.97. The highest BCUT2D eigenvalue weighted by Crippen LogP contribution is 2.42. The first-order chi connectivity index (χ1) is 26.1. The Kier molecular flexibility index (Phi) is 7.36. The molecule has 0 aliphatic carbocycles. The Labute approximate surface area is 308 Å². The van der Waals surface area contributed by atoms with Crippen LogP contribution in [0.5, 0.6) is 0 Å². The number of rotatable bonds is 6. The summed E-state index contributed by atoms with van der Waals surface area (Å²) in [5, 5.41) is 7.59. The highest BCUT2D eigenvalue weighted by Gasteiger charge is 2.17. The summed E-state index contributed by atoms with van der Waals surface area (Å²) in [6.07, 6.45) is 0. The summed E-state index contributed by atoms with van der Waals surface area (Å²) in [4.78, 5) is 15.3. The van der Waals surface area contributed by atoms with Crippen LogP contribution >= 0.6 is 0 Å². The molecule has 0 spiro atoms. The summed E-state index contributed by atoms with van der Waals surface area (Å²) in [7, 11) is 0. The van der Waals surface area contributed by atoms with E-state index in [9.17, 15) is 0 Å². The van der Waals surface area contributed by atoms with Crippen molar-refractivity contribution < 1.29 is 0 Å². The van der Waals surface area contributed by atoms with E-state index in [-0.39, 0.29) is 0 Å². The van der Waals surface area contributed by atoms with Gasteiger partial charge in [-0.1, -0.05) is 140 Å². The standard InChI is InChI=1S/C50H33N3/c1-32-11-8-20-45(51-32)36-23-21-33(22-24-36)40-27-41(44-30-39-18-9-16-37-25-26-38-17-10-19-43(44)49(38)48(37)39)29-42(28-40)50-52-46(34-12-4-2-5-13-34)31-47(53-50)35-14-6-3-7-15-35/h2-31H,1H3. The molecule has 3 nitrogen and oxygen atoms in total. The Morgan fingerprint density at radius 1 is 0.321 bits per heavy atom. The zero-order valence-electron chi connectivity index (χ0n) is 29.2. The van der Waals surface area contributed by atoms with E-state index in [0.717, 1.165) is 61.7 Å². The topological polar surface area (TPSA) is 38.7 Å². The summed E-state index contributed by atoms with van der Waals surface area (Å²) in [5.74, 6) is 0.686. The predicted molar refractivity (Wildman–Crippen MR) is 221 cm³/mol. The quantitative estimate of drug-likeness (QED) is 0.165. The number of aromatic nitrogens is 3. The normalized spacial score (nSPS) is 11.5. The molecule has 3 heteroatoms. The average Bonchev–Trinajstić information content (AvgIpc) is 3.23. The van der Waals surface area contributed by atoms with Gasteiger partial charge in [-0.3, -0.25) is 4.98 Å². The Balaban J connectivity index is 1.22. The van der Waals surface area contributed by atoms with Crippen molar-refractivity contribution in [2.24, 2.45) is 0 Å². The molecular formula is C50H33N3. The lowest BCUT2D eigenvalue weighted by Gasteiger charge is -2.17. The molecule has 0 unspecified atom stereocenters. The molecule has 0 aliphatic rings. The second kappa shape index (κ2) is 12.7. The van der Waals surface area contributed by atoms with Gasteiger partial charge in [0.2, 0.25) is 0 Å². The van der Waals surface area contributed by atoms with Crippen LogP contribution in [0.4, 0.5) is 0 Å². The first-order valence-corrected chi connectivity index (χ1v) is 18.0. The second-order valence-electron chi connectivity index (χ2n) is 13.7. The van der Waals surface area contributed by atoms with Crippen LogP contribution in [0, 0.1) is 6.92 Å². The van der Waals surface area contributed by atoms with Gasteiger partial charge < -0.3 is 0 Å². The van der Waals surface area contributed by atoms with Crippen molar-refractivity contribution in [3.63, 3.8) is 0 Å². The van der Waals surface area contributed by atoms with Gasteiger partial charge in [0.25, 0.3) is 0 Å². The second-order valence-corrected chi connectivity index (χ2v) is 13.7. The van der Waals surface area contributed by atoms with Gasteiger partial charge in [0.15, 0.2) is 5.82 Å². The molecule has 10 rings (SSSR count). The number of hydrogen-bond donors (Lipinski definition) is 0. The molecule has 0 aliphatic heterocycles. The number of nitrogens with zero attached hydrogens (tertiary/aromatic N) is 3. The molecule has 8 aromatic carbocycles. The van der Waals surface area contributed by atoms with Crippen LogP contribution in [-0.2, 0) is 0 Å². The fourth-order valence-electron chi connectivity index (χ4n) is 7.71. The number of benzene rings is 8. The molecule has 0 saturated heterocycles. The third kappa shape index (κ3) is 5.60. The summed E-state index contributed by atoms with van der Waals surface area (Å²) in [5.41, 5.74) is 12.4. The molecule has 0 N–H and O–H groups in total. The Bertz CT molecular complexity index is 2870. The van der Waals surface area contributed by atoms with Crippen molar-refractivity contribution in [2.45, 2.75) is 6.92 Å². The van der Waals surface area contributed by atoms with E-state index in [0.29, 0.717) is 5.82 Å². The zero-order valence-corrected chi connectivity index (χ0v) is 29.2. The molecule has 0 amide bonds. The van der Waals surface area contributed by atoms with Crippen molar-refractivity contribution in [1.82, 2.24) is 15.0 Å². The van der Waals surface area contributed by atoms with Gasteiger partial charge in [-0.05, 0) is 104 Å². The fraction of sp³-hybridized carbons (Fsp3) is 0.0200. The number of hydrogen-bond acceptors (Lipinski definition) is 3. The SMILES string of the molecule is Cc1cccc(-c2ccc(-c3cc(-c4nc(-c5ccccc5)cc(-c5ccccc5)n4)cc(-c4cc5cccc6ccc7cccc4c7c65)c3)cc2)n1. The van der Waals surface area contributed by atoms with E-state index >= 15 is 0 Å². The number of aryl methyl sites for hydroxylation is 1. The van der Waals surface area contributed by atoms with Gasteiger partial charge in [0.05, 0.1) is 17.1 Å². The summed E-state index contributed by atoms with van der Waals surface area (Å²) in [6, 6.07) is 64.7. The minimum atomic E-state index is 0.686. The smallest absolute Gasteiger partial charge is 0.160 e. The maximum Gasteiger partial charge on any atom is 0.160 e. The molecular weight excluding hydrogens is 643 g/mol. The van der Waals surface area contributed by atoms with E-state index in [1.54, 1.807) is 0 Å². The summed E-state index contributed by atoms with van der Waals surface area (Å²) >= 11 is 0. The van der Waals surface area contributed by atoms with Gasteiger partial charge in [-0.2, -0.15) is 0 Å². The molecule has 53 heavy (non-hydrogen) atoms. The lowest BCUT2D eigenvalue weighted by molar-refractivity contribution is 1.18. The molecule has 2 aromatic heterocycles. The van der Waals surface area contributed by atoms with Crippen molar-refractivity contribution in [1.29, 1.82) is 0 Å². The van der Waals surface area contributed by atoms with E-state index < -0.39 is 0 Å². The van der Waals surface area contributed by atoms with Crippen LogP contribution in [0.25, 0.3) is 99.7 Å². The average molecular weight is 676 g/mol. The van der Waals surface area contributed by atoms with Crippen LogP contribution in [0.1, 0.15) is 5.69 Å². The molecule has 0 saturated carbocycles. The van der Waals surface area contributed by atoms with E-state index in [1.165, 1.54) is 37.9 Å². The Morgan fingerprint density at radius 2 is 0.887 bits per heavy atom. The van der Waals surface area contributed by atoms with Gasteiger partial charge in [0.1, 0.15) is 0 Å². The highest BCUT2D eigenvalue weighted by atomic mass is 14.9. The van der Waals surface area contributed by atoms with Gasteiger partial charge in [-0.15, -0.1) is 0 Å². The Morgan fingerprint density at radius 3 is 1.58 bits per heavy atom. The van der Waals surface area contributed by atoms with Gasteiger partial charge >= 0.3 is 0 Å². The molecule has 248 valence electrons. The first-order valence-electron chi connectivity index (χ1n) is 18.0. The molecule has 0 radical (unpaired) electrons. The maximum atomic E-state index is 5.25. The minimum Gasteiger partial charge on any atom is -0.253 e. The highest BCUT2D eigenvalue weighted by molar-refractivity contribution is 6.26. The molecule has 0 bridgehead atoms. The monoisotopic (exact) mass is 675 g/mol. The van der Waals surface area contributed by atoms with Crippen molar-refractivity contribution in [2.75, 3.05) is 0 Å². The van der Waals surface area contributed by atoms with Gasteiger partial charge in [-0.25, -0.2) is 9.97 Å². The summed E-state index contributed by atoms with van der Waals surface area (Å²) in [6.45, 7) is 2.03.